The molecule has 1 saturated heterocycles. The lowest BCUT2D eigenvalue weighted by Gasteiger charge is -2.29. The van der Waals surface area contributed by atoms with Gasteiger partial charge in [-0.25, -0.2) is 0 Å². The smallest absolute Gasteiger partial charge is 0.387 e. The van der Waals surface area contributed by atoms with Crippen LogP contribution in [0.2, 0.25) is 0 Å². The Kier molecular flexibility index (Phi) is 5.08. The molecule has 0 spiro atoms. The molecule has 2 amide bonds. The number of alkyl halides is 2. The van der Waals surface area contributed by atoms with Crippen molar-refractivity contribution in [3.63, 3.8) is 0 Å². The van der Waals surface area contributed by atoms with E-state index in [1.165, 1.54) is 18.2 Å². The summed E-state index contributed by atoms with van der Waals surface area (Å²) >= 11 is 0. The van der Waals surface area contributed by atoms with Gasteiger partial charge in [-0.15, -0.1) is 0 Å². The molecular weight excluding hydrogens is 282 g/mol. The first-order valence-corrected chi connectivity index (χ1v) is 6.64. The van der Waals surface area contributed by atoms with Crippen molar-refractivity contribution in [2.75, 3.05) is 13.1 Å². The Bertz CT molecular complexity index is 503. The third-order valence-electron chi connectivity index (χ3n) is 3.36. The maximum absolute atomic E-state index is 12.3. The lowest BCUT2D eigenvalue weighted by Crippen LogP contribution is -2.44. The zero-order chi connectivity index (χ0) is 15.2. The van der Waals surface area contributed by atoms with Crippen molar-refractivity contribution in [2.45, 2.75) is 25.5 Å². The molecule has 0 bridgehead atoms. The van der Waals surface area contributed by atoms with Crippen molar-refractivity contribution in [1.29, 1.82) is 0 Å². The summed E-state index contributed by atoms with van der Waals surface area (Å²) in [5.41, 5.74) is 0.0793. The molecule has 114 valence electrons. The number of nitrogens with zero attached hydrogens (tertiary/aromatic N) is 1. The molecule has 0 radical (unpaired) electrons. The number of piperidine rings is 1. The van der Waals surface area contributed by atoms with Crippen LogP contribution in [-0.4, -0.2) is 43.0 Å². The third kappa shape index (κ3) is 4.14. The Morgan fingerprint density at radius 2 is 2.00 bits per heavy atom. The van der Waals surface area contributed by atoms with Crippen LogP contribution in [0.25, 0.3) is 0 Å². The SMILES string of the molecule is O=CN1CCC(NC(=O)c2ccccc2OC(F)F)CC1. The average Bonchev–Trinajstić information content (AvgIpc) is 2.48. The maximum atomic E-state index is 12.3. The quantitative estimate of drug-likeness (QED) is 0.841. The van der Waals surface area contributed by atoms with Gasteiger partial charge in [0.1, 0.15) is 5.75 Å². The number of halogens is 2. The number of likely N-dealkylation sites (tertiary alicyclic amines) is 1. The number of para-hydroxylation sites is 1. The summed E-state index contributed by atoms with van der Waals surface area (Å²) in [4.78, 5) is 24.4. The minimum absolute atomic E-state index is 0.0756. The molecule has 0 aliphatic carbocycles. The van der Waals surface area contributed by atoms with Crippen molar-refractivity contribution in [1.82, 2.24) is 10.2 Å². The number of amides is 2. The molecular formula is C14H16F2N2O3. The Morgan fingerprint density at radius 1 is 1.33 bits per heavy atom. The summed E-state index contributed by atoms with van der Waals surface area (Å²) < 4.78 is 29.0. The van der Waals surface area contributed by atoms with Crippen LogP contribution in [0.1, 0.15) is 23.2 Å². The topological polar surface area (TPSA) is 58.6 Å². The first kappa shape index (κ1) is 15.2. The van der Waals surface area contributed by atoms with Crippen LogP contribution < -0.4 is 10.1 Å². The van der Waals surface area contributed by atoms with E-state index in [1.807, 2.05) is 0 Å². The van der Waals surface area contributed by atoms with E-state index >= 15 is 0 Å². The van der Waals surface area contributed by atoms with Crippen molar-refractivity contribution < 1.29 is 23.1 Å². The molecule has 5 nitrogen and oxygen atoms in total. The molecule has 1 fully saturated rings. The van der Waals surface area contributed by atoms with Crippen molar-refractivity contribution in [2.24, 2.45) is 0 Å². The Balaban J connectivity index is 1.99. The molecule has 1 heterocycles. The fourth-order valence-corrected chi connectivity index (χ4v) is 2.27. The largest absolute Gasteiger partial charge is 0.434 e. The zero-order valence-electron chi connectivity index (χ0n) is 11.3. The second kappa shape index (κ2) is 7.01. The third-order valence-corrected chi connectivity index (χ3v) is 3.36. The Morgan fingerprint density at radius 3 is 2.62 bits per heavy atom. The van der Waals surface area contributed by atoms with E-state index in [2.05, 4.69) is 10.1 Å². The highest BCUT2D eigenvalue weighted by atomic mass is 19.3. The van der Waals surface area contributed by atoms with Gasteiger partial charge in [-0.1, -0.05) is 12.1 Å². The van der Waals surface area contributed by atoms with E-state index in [9.17, 15) is 18.4 Å². The molecule has 21 heavy (non-hydrogen) atoms. The first-order chi connectivity index (χ1) is 10.1. The summed E-state index contributed by atoms with van der Waals surface area (Å²) in [5.74, 6) is -0.592. The van der Waals surface area contributed by atoms with Gasteiger partial charge in [-0.2, -0.15) is 8.78 Å². The Hall–Kier alpha value is -2.18. The van der Waals surface area contributed by atoms with E-state index in [0.29, 0.717) is 25.9 Å². The van der Waals surface area contributed by atoms with Crippen LogP contribution >= 0.6 is 0 Å². The zero-order valence-corrected chi connectivity index (χ0v) is 11.3. The highest BCUT2D eigenvalue weighted by Crippen LogP contribution is 2.21. The van der Waals surface area contributed by atoms with E-state index in [-0.39, 0.29) is 17.4 Å². The van der Waals surface area contributed by atoms with Crippen LogP contribution in [-0.2, 0) is 4.79 Å². The van der Waals surface area contributed by atoms with E-state index in [1.54, 1.807) is 11.0 Å². The average molecular weight is 298 g/mol. The van der Waals surface area contributed by atoms with Crippen LogP contribution in [0.15, 0.2) is 24.3 Å². The Labute approximate surface area is 120 Å². The normalized spacial score (nSPS) is 15.9. The summed E-state index contributed by atoms with van der Waals surface area (Å²) in [6.45, 7) is -1.83. The van der Waals surface area contributed by atoms with Gasteiger partial charge in [0.15, 0.2) is 0 Å². The standard InChI is InChI=1S/C14H16F2N2O3/c15-14(16)21-12-4-2-1-3-11(12)13(20)17-10-5-7-18(9-19)8-6-10/h1-4,9-10,14H,5-8H2,(H,17,20). The molecule has 0 unspecified atom stereocenters. The molecule has 2 rings (SSSR count). The number of benzene rings is 1. The molecule has 0 aromatic heterocycles. The van der Waals surface area contributed by atoms with Crippen LogP contribution in [0.5, 0.6) is 5.75 Å². The molecule has 0 atom stereocenters. The van der Waals surface area contributed by atoms with E-state index < -0.39 is 12.5 Å². The second-order valence-corrected chi connectivity index (χ2v) is 4.76. The monoisotopic (exact) mass is 298 g/mol. The van der Waals surface area contributed by atoms with Crippen LogP contribution in [0, 0.1) is 0 Å². The number of ether oxygens (including phenoxy) is 1. The lowest BCUT2D eigenvalue weighted by molar-refractivity contribution is -0.119. The summed E-state index contributed by atoms with van der Waals surface area (Å²) in [7, 11) is 0. The van der Waals surface area contributed by atoms with Gasteiger partial charge in [-0.3, -0.25) is 9.59 Å². The van der Waals surface area contributed by atoms with Crippen molar-refractivity contribution in [3.8, 4) is 5.75 Å². The van der Waals surface area contributed by atoms with Gasteiger partial charge in [0, 0.05) is 19.1 Å². The molecule has 1 aliphatic rings. The number of carbonyl (C=O) groups is 2. The summed E-state index contributed by atoms with van der Waals surface area (Å²) in [6, 6.07) is 5.80. The van der Waals surface area contributed by atoms with Gasteiger partial charge < -0.3 is 15.0 Å². The van der Waals surface area contributed by atoms with Gasteiger partial charge in [0.25, 0.3) is 5.91 Å². The fraction of sp³-hybridized carbons (Fsp3) is 0.429. The number of hydrogen-bond donors (Lipinski definition) is 1. The van der Waals surface area contributed by atoms with Crippen LogP contribution in [0.3, 0.4) is 0 Å². The number of carbonyl (C=O) groups excluding carboxylic acids is 2. The predicted molar refractivity (Wildman–Crippen MR) is 71.2 cm³/mol. The molecule has 0 saturated carbocycles. The van der Waals surface area contributed by atoms with E-state index in [4.69, 9.17) is 0 Å². The molecule has 1 aromatic rings. The minimum Gasteiger partial charge on any atom is -0.434 e. The van der Waals surface area contributed by atoms with Crippen molar-refractivity contribution >= 4 is 12.3 Å². The van der Waals surface area contributed by atoms with Gasteiger partial charge in [-0.05, 0) is 25.0 Å². The summed E-state index contributed by atoms with van der Waals surface area (Å²) in [5, 5.41) is 2.79. The molecule has 1 aromatic carbocycles. The van der Waals surface area contributed by atoms with Gasteiger partial charge in [0.05, 0.1) is 5.56 Å². The maximum Gasteiger partial charge on any atom is 0.387 e. The summed E-state index contributed by atoms with van der Waals surface area (Å²) in [6.07, 6.45) is 2.06. The van der Waals surface area contributed by atoms with Gasteiger partial charge in [0.2, 0.25) is 6.41 Å². The number of hydrogen-bond acceptors (Lipinski definition) is 3. The predicted octanol–water partition coefficient (Wildman–Crippen LogP) is 1.64. The van der Waals surface area contributed by atoms with Crippen molar-refractivity contribution in [3.05, 3.63) is 29.8 Å². The molecule has 1 aliphatic heterocycles. The highest BCUT2D eigenvalue weighted by molar-refractivity contribution is 5.97. The molecule has 1 N–H and O–H groups in total. The van der Waals surface area contributed by atoms with E-state index in [0.717, 1.165) is 6.41 Å². The number of rotatable bonds is 5. The minimum atomic E-state index is -2.98. The highest BCUT2D eigenvalue weighted by Gasteiger charge is 2.22. The lowest BCUT2D eigenvalue weighted by atomic mass is 10.0. The molecule has 7 heteroatoms. The fourth-order valence-electron chi connectivity index (χ4n) is 2.27. The second-order valence-electron chi connectivity index (χ2n) is 4.76. The van der Waals surface area contributed by atoms with Crippen LogP contribution in [0.4, 0.5) is 8.78 Å². The first-order valence-electron chi connectivity index (χ1n) is 6.64. The van der Waals surface area contributed by atoms with Gasteiger partial charge >= 0.3 is 6.61 Å². The number of nitrogens with one attached hydrogen (secondary N) is 1.